The molecule has 2 aromatic carbocycles. The number of aliphatic hydroxyl groups is 2. The molecule has 0 aliphatic rings. The molecular weight excluding hydrogens is 586 g/mol. The zero-order chi connectivity index (χ0) is 31.6. The number of amides is 2. The predicted octanol–water partition coefficient (Wildman–Crippen LogP) is 2.96. The van der Waals surface area contributed by atoms with Crippen LogP contribution >= 0.6 is 0 Å². The molecule has 0 aliphatic carbocycles. The molecule has 2 atom stereocenters. The standard InChI is InChI=1S/C24H20F6N4O6S/c1-21(37,19(35)33-15-5-3-13(9-31)17(7-15)23(25,26)27)11-41(39,40)12-22(2,38)20(36)34-16-6-4-14(10-32)18(8-16)24(28,29)30/h3-8,37-38H,11-12H2,1-2H3,(H,33,35)(H,34,36)/t21-,22+. The molecule has 0 saturated carbocycles. The number of nitrogens with one attached hydrogen (secondary N) is 2. The Bertz CT molecular complexity index is 1440. The fourth-order valence-electron chi connectivity index (χ4n) is 3.48. The fraction of sp³-hybridized carbons (Fsp3) is 0.333. The third-order valence-corrected chi connectivity index (χ3v) is 7.39. The Morgan fingerprint density at radius 3 is 1.34 bits per heavy atom. The molecule has 10 nitrogen and oxygen atoms in total. The molecule has 0 spiro atoms. The molecule has 41 heavy (non-hydrogen) atoms. The van der Waals surface area contributed by atoms with Gasteiger partial charge in [0.2, 0.25) is 0 Å². The molecule has 0 unspecified atom stereocenters. The summed E-state index contributed by atoms with van der Waals surface area (Å²) in [4.78, 5) is 25.0. The molecule has 0 saturated heterocycles. The van der Waals surface area contributed by atoms with Crippen molar-refractivity contribution >= 4 is 33.0 Å². The van der Waals surface area contributed by atoms with Crippen LogP contribution in [0.3, 0.4) is 0 Å². The van der Waals surface area contributed by atoms with Crippen molar-refractivity contribution in [3.8, 4) is 12.1 Å². The minimum Gasteiger partial charge on any atom is -0.379 e. The molecule has 2 aromatic rings. The van der Waals surface area contributed by atoms with Gasteiger partial charge in [-0.15, -0.1) is 0 Å². The zero-order valence-electron chi connectivity index (χ0n) is 21.0. The number of rotatable bonds is 8. The van der Waals surface area contributed by atoms with Crippen molar-refractivity contribution in [2.75, 3.05) is 22.1 Å². The summed E-state index contributed by atoms with van der Waals surface area (Å²) in [5, 5.41) is 42.4. The number of hydrogen-bond acceptors (Lipinski definition) is 8. The number of hydrogen-bond donors (Lipinski definition) is 4. The van der Waals surface area contributed by atoms with Gasteiger partial charge in [0.05, 0.1) is 45.9 Å². The van der Waals surface area contributed by atoms with Crippen LogP contribution in [-0.4, -0.2) is 53.2 Å². The number of carbonyl (C=O) groups excluding carboxylic acids is 2. The number of benzene rings is 2. The highest BCUT2D eigenvalue weighted by Crippen LogP contribution is 2.35. The maximum absolute atomic E-state index is 13.2. The van der Waals surface area contributed by atoms with E-state index in [-0.39, 0.29) is 0 Å². The summed E-state index contributed by atoms with van der Waals surface area (Å²) in [6.45, 7) is 1.39. The molecule has 0 aliphatic heterocycles. The van der Waals surface area contributed by atoms with Gasteiger partial charge in [-0.05, 0) is 50.2 Å². The summed E-state index contributed by atoms with van der Waals surface area (Å²) < 4.78 is 104. The van der Waals surface area contributed by atoms with Crippen LogP contribution in [0.5, 0.6) is 0 Å². The second-order valence-electron chi connectivity index (χ2n) is 9.23. The van der Waals surface area contributed by atoms with Crippen molar-refractivity contribution in [2.24, 2.45) is 0 Å². The van der Waals surface area contributed by atoms with Gasteiger partial charge in [0, 0.05) is 11.4 Å². The minimum absolute atomic E-state index is 0.392. The highest BCUT2D eigenvalue weighted by Gasteiger charge is 2.42. The van der Waals surface area contributed by atoms with E-state index >= 15 is 0 Å². The Hall–Kier alpha value is -4.19. The van der Waals surface area contributed by atoms with Gasteiger partial charge in [0.1, 0.15) is 0 Å². The lowest BCUT2D eigenvalue weighted by Gasteiger charge is -2.26. The SMILES string of the molecule is C[C@](O)(CS(=O)(=O)C[C@@](C)(O)C(=O)Nc1ccc(C#N)c(C(F)(F)F)c1)C(=O)Nc1ccc(C#N)c(C(F)(F)F)c1. The van der Waals surface area contributed by atoms with Crippen LogP contribution < -0.4 is 10.6 Å². The van der Waals surface area contributed by atoms with E-state index in [9.17, 15) is 54.6 Å². The van der Waals surface area contributed by atoms with Crippen LogP contribution in [0.2, 0.25) is 0 Å². The number of sulfone groups is 1. The van der Waals surface area contributed by atoms with E-state index < -0.39 is 90.3 Å². The first-order chi connectivity index (χ1) is 18.5. The summed E-state index contributed by atoms with van der Waals surface area (Å²) in [7, 11) is -4.72. The lowest BCUT2D eigenvalue weighted by atomic mass is 10.1. The van der Waals surface area contributed by atoms with E-state index in [4.69, 9.17) is 10.5 Å². The highest BCUT2D eigenvalue weighted by atomic mass is 32.2. The topological polar surface area (TPSA) is 180 Å². The molecule has 0 heterocycles. The largest absolute Gasteiger partial charge is 0.417 e. The normalized spacial score (nSPS) is 15.0. The summed E-state index contributed by atoms with van der Waals surface area (Å²) in [5.41, 5.74) is -11.0. The fourth-order valence-corrected chi connectivity index (χ4v) is 5.56. The minimum atomic E-state index is -4.98. The Balaban J connectivity index is 2.19. The summed E-state index contributed by atoms with van der Waals surface area (Å²) in [6.07, 6.45) is -9.95. The van der Waals surface area contributed by atoms with Gasteiger partial charge in [-0.1, -0.05) is 0 Å². The summed E-state index contributed by atoms with van der Waals surface area (Å²) >= 11 is 0. The van der Waals surface area contributed by atoms with Crippen molar-refractivity contribution < 1.29 is 54.6 Å². The highest BCUT2D eigenvalue weighted by molar-refractivity contribution is 7.91. The van der Waals surface area contributed by atoms with Crippen LogP contribution in [0.1, 0.15) is 36.1 Å². The molecule has 17 heteroatoms. The Morgan fingerprint density at radius 2 is 1.07 bits per heavy atom. The van der Waals surface area contributed by atoms with Crippen molar-refractivity contribution in [1.29, 1.82) is 10.5 Å². The van der Waals surface area contributed by atoms with E-state index in [0.717, 1.165) is 24.3 Å². The molecule has 2 amide bonds. The van der Waals surface area contributed by atoms with E-state index in [1.54, 1.807) is 0 Å². The molecule has 0 radical (unpaired) electrons. The number of anilines is 2. The van der Waals surface area contributed by atoms with Crippen LogP contribution in [0, 0.1) is 22.7 Å². The second kappa shape index (κ2) is 11.4. The Labute approximate surface area is 228 Å². The molecule has 0 bridgehead atoms. The van der Waals surface area contributed by atoms with Gasteiger partial charge in [-0.25, -0.2) is 8.42 Å². The van der Waals surface area contributed by atoms with Crippen LogP contribution in [-0.2, 0) is 31.8 Å². The van der Waals surface area contributed by atoms with Crippen molar-refractivity contribution in [3.05, 3.63) is 58.7 Å². The predicted molar refractivity (Wildman–Crippen MR) is 129 cm³/mol. The first kappa shape index (κ1) is 33.0. The zero-order valence-corrected chi connectivity index (χ0v) is 21.8. The molecule has 0 aromatic heterocycles. The summed E-state index contributed by atoms with van der Waals surface area (Å²) in [5.74, 6) is -5.85. The van der Waals surface area contributed by atoms with Crippen LogP contribution in [0.15, 0.2) is 36.4 Å². The summed E-state index contributed by atoms with van der Waals surface area (Å²) in [6, 6.07) is 6.72. The molecule has 220 valence electrons. The number of nitrogens with zero attached hydrogens (tertiary/aromatic N) is 2. The van der Waals surface area contributed by atoms with E-state index in [1.807, 2.05) is 10.6 Å². The third kappa shape index (κ3) is 8.40. The average Bonchev–Trinajstić information content (AvgIpc) is 2.81. The Kier molecular flexibility index (Phi) is 9.15. The van der Waals surface area contributed by atoms with Gasteiger partial charge in [0.25, 0.3) is 11.8 Å². The lowest BCUT2D eigenvalue weighted by Crippen LogP contribution is -2.51. The second-order valence-corrected chi connectivity index (χ2v) is 11.3. The van der Waals surface area contributed by atoms with Crippen LogP contribution in [0.25, 0.3) is 0 Å². The van der Waals surface area contributed by atoms with Gasteiger partial charge in [-0.3, -0.25) is 9.59 Å². The first-order valence-corrected chi connectivity index (χ1v) is 12.9. The van der Waals surface area contributed by atoms with Crippen molar-refractivity contribution in [1.82, 2.24) is 0 Å². The van der Waals surface area contributed by atoms with Gasteiger partial charge < -0.3 is 20.8 Å². The maximum Gasteiger partial charge on any atom is 0.417 e. The number of carbonyl (C=O) groups is 2. The molecule has 4 N–H and O–H groups in total. The first-order valence-electron chi connectivity index (χ1n) is 11.0. The smallest absolute Gasteiger partial charge is 0.379 e. The van der Waals surface area contributed by atoms with Crippen molar-refractivity contribution in [3.63, 3.8) is 0 Å². The molecule has 0 fully saturated rings. The van der Waals surface area contributed by atoms with Crippen molar-refractivity contribution in [2.45, 2.75) is 37.4 Å². The maximum atomic E-state index is 13.2. The van der Waals surface area contributed by atoms with Gasteiger partial charge in [-0.2, -0.15) is 36.9 Å². The monoisotopic (exact) mass is 606 g/mol. The number of nitriles is 2. The molecular formula is C24H20F6N4O6S. The van der Waals surface area contributed by atoms with E-state index in [0.29, 0.717) is 26.0 Å². The Morgan fingerprint density at radius 1 is 0.756 bits per heavy atom. The molecule has 2 rings (SSSR count). The van der Waals surface area contributed by atoms with E-state index in [1.165, 1.54) is 12.1 Å². The quantitative estimate of drug-likeness (QED) is 0.331. The van der Waals surface area contributed by atoms with Gasteiger partial charge >= 0.3 is 12.4 Å². The third-order valence-electron chi connectivity index (χ3n) is 5.39. The number of halogens is 6. The average molecular weight is 607 g/mol. The number of alkyl halides is 6. The van der Waals surface area contributed by atoms with Crippen LogP contribution in [0.4, 0.5) is 37.7 Å². The van der Waals surface area contributed by atoms with E-state index in [2.05, 4.69) is 0 Å². The lowest BCUT2D eigenvalue weighted by molar-refractivity contribution is -0.138. The van der Waals surface area contributed by atoms with Gasteiger partial charge in [0.15, 0.2) is 21.0 Å².